The van der Waals surface area contributed by atoms with Crippen LogP contribution in [0.15, 0.2) is 18.2 Å². The Morgan fingerprint density at radius 2 is 2.05 bits per heavy atom. The summed E-state index contributed by atoms with van der Waals surface area (Å²) in [6, 6.07) is 3.44. The molecule has 0 aliphatic carbocycles. The van der Waals surface area contributed by atoms with Crippen LogP contribution in [0.25, 0.3) is 0 Å². The van der Waals surface area contributed by atoms with Crippen LogP contribution in [0.4, 0.5) is 24.5 Å². The molecule has 0 aliphatic heterocycles. The van der Waals surface area contributed by atoms with E-state index in [0.29, 0.717) is 0 Å². The molecule has 1 aromatic rings. The second-order valence-electron chi connectivity index (χ2n) is 4.01. The average Bonchev–Trinajstić information content (AvgIpc) is 2.32. The van der Waals surface area contributed by atoms with Gasteiger partial charge in [-0.05, 0) is 18.6 Å². The van der Waals surface area contributed by atoms with E-state index in [-0.39, 0.29) is 24.2 Å². The monoisotopic (exact) mass is 291 g/mol. The minimum Gasteiger partial charge on any atom is -0.399 e. The van der Waals surface area contributed by atoms with Gasteiger partial charge >= 0.3 is 6.18 Å². The van der Waals surface area contributed by atoms with Gasteiger partial charge in [0.05, 0.1) is 4.92 Å². The molecule has 0 unspecified atom stereocenters. The Bertz CT molecular complexity index is 517. The SMILES string of the molecule is Nc1ccc([N+](=O)[O-])c(C(=O)NCCCC(F)(F)F)c1. The molecular weight excluding hydrogens is 279 g/mol. The van der Waals surface area contributed by atoms with E-state index in [1.165, 1.54) is 6.07 Å². The molecule has 1 rings (SSSR count). The van der Waals surface area contributed by atoms with Crippen LogP contribution >= 0.6 is 0 Å². The van der Waals surface area contributed by atoms with Crippen LogP contribution in [0.1, 0.15) is 23.2 Å². The summed E-state index contributed by atoms with van der Waals surface area (Å²) in [6.45, 7) is -0.232. The van der Waals surface area contributed by atoms with Gasteiger partial charge in [-0.25, -0.2) is 0 Å². The highest BCUT2D eigenvalue weighted by atomic mass is 19.4. The Morgan fingerprint density at radius 3 is 2.60 bits per heavy atom. The number of benzene rings is 1. The molecule has 110 valence electrons. The van der Waals surface area contributed by atoms with Gasteiger partial charge in [0.25, 0.3) is 11.6 Å². The van der Waals surface area contributed by atoms with E-state index in [2.05, 4.69) is 5.32 Å². The van der Waals surface area contributed by atoms with Gasteiger partial charge in [-0.1, -0.05) is 0 Å². The summed E-state index contributed by atoms with van der Waals surface area (Å²) in [6.07, 6.45) is -5.63. The number of rotatable bonds is 5. The molecule has 20 heavy (non-hydrogen) atoms. The predicted molar refractivity (Wildman–Crippen MR) is 65.1 cm³/mol. The zero-order valence-corrected chi connectivity index (χ0v) is 10.2. The minimum absolute atomic E-state index is 0.149. The third-order valence-corrected chi connectivity index (χ3v) is 2.38. The van der Waals surface area contributed by atoms with E-state index in [4.69, 9.17) is 5.73 Å². The lowest BCUT2D eigenvalue weighted by atomic mass is 10.1. The molecule has 1 aromatic carbocycles. The third-order valence-electron chi connectivity index (χ3n) is 2.38. The first kappa shape index (κ1) is 15.7. The number of carbonyl (C=O) groups is 1. The van der Waals surface area contributed by atoms with E-state index in [1.807, 2.05) is 0 Å². The molecule has 3 N–H and O–H groups in total. The highest BCUT2D eigenvalue weighted by molar-refractivity contribution is 5.99. The normalized spacial score (nSPS) is 11.2. The number of nitrogens with one attached hydrogen (secondary N) is 1. The van der Waals surface area contributed by atoms with Gasteiger partial charge in [-0.3, -0.25) is 14.9 Å². The molecule has 0 spiro atoms. The van der Waals surface area contributed by atoms with Gasteiger partial charge in [-0.2, -0.15) is 13.2 Å². The van der Waals surface area contributed by atoms with Crippen LogP contribution in [-0.4, -0.2) is 23.6 Å². The zero-order chi connectivity index (χ0) is 15.3. The number of hydrogen-bond acceptors (Lipinski definition) is 4. The van der Waals surface area contributed by atoms with Gasteiger partial charge in [0.15, 0.2) is 0 Å². The minimum atomic E-state index is -4.30. The number of nitro benzene ring substituents is 1. The molecule has 0 fully saturated rings. The molecule has 0 radical (unpaired) electrons. The van der Waals surface area contributed by atoms with Crippen molar-refractivity contribution in [3.05, 3.63) is 33.9 Å². The molecule has 0 aliphatic rings. The second kappa shape index (κ2) is 6.22. The number of nitrogen functional groups attached to an aromatic ring is 1. The molecule has 0 atom stereocenters. The zero-order valence-electron chi connectivity index (χ0n) is 10.2. The maximum atomic E-state index is 11.9. The average molecular weight is 291 g/mol. The lowest BCUT2D eigenvalue weighted by Gasteiger charge is -2.08. The fourth-order valence-corrected chi connectivity index (χ4v) is 1.48. The molecule has 0 heterocycles. The summed E-state index contributed by atoms with van der Waals surface area (Å²) in [5, 5.41) is 12.9. The summed E-state index contributed by atoms with van der Waals surface area (Å²) in [5.41, 5.74) is 4.85. The van der Waals surface area contributed by atoms with Crippen molar-refractivity contribution in [2.75, 3.05) is 12.3 Å². The van der Waals surface area contributed by atoms with Crippen molar-refractivity contribution in [2.45, 2.75) is 19.0 Å². The number of halogens is 3. The molecule has 0 bridgehead atoms. The first-order valence-corrected chi connectivity index (χ1v) is 5.59. The lowest BCUT2D eigenvalue weighted by molar-refractivity contribution is -0.385. The Balaban J connectivity index is 2.68. The maximum Gasteiger partial charge on any atom is 0.389 e. The van der Waals surface area contributed by atoms with E-state index < -0.39 is 29.1 Å². The van der Waals surface area contributed by atoms with Crippen molar-refractivity contribution in [2.24, 2.45) is 0 Å². The van der Waals surface area contributed by atoms with Crippen LogP contribution in [0.3, 0.4) is 0 Å². The van der Waals surface area contributed by atoms with Gasteiger partial charge < -0.3 is 11.1 Å². The van der Waals surface area contributed by atoms with Crippen LogP contribution < -0.4 is 11.1 Å². The summed E-state index contributed by atoms with van der Waals surface area (Å²) >= 11 is 0. The first-order chi connectivity index (χ1) is 9.20. The number of alkyl halides is 3. The standard InChI is InChI=1S/C11H12F3N3O3/c12-11(13,14)4-1-5-16-10(18)8-6-7(15)2-3-9(8)17(19)20/h2-3,6H,1,4-5,15H2,(H,16,18). The van der Waals surface area contributed by atoms with Crippen LogP contribution in [-0.2, 0) is 0 Å². The molecule has 0 saturated heterocycles. The quantitative estimate of drug-likeness (QED) is 0.376. The van der Waals surface area contributed by atoms with Crippen molar-refractivity contribution in [1.29, 1.82) is 0 Å². The van der Waals surface area contributed by atoms with Crippen molar-refractivity contribution in [1.82, 2.24) is 5.32 Å². The number of nitrogens with zero attached hydrogens (tertiary/aromatic N) is 1. The number of hydrogen-bond donors (Lipinski definition) is 2. The number of nitrogens with two attached hydrogens (primary N) is 1. The molecule has 0 saturated carbocycles. The highest BCUT2D eigenvalue weighted by Gasteiger charge is 2.26. The van der Waals surface area contributed by atoms with E-state index >= 15 is 0 Å². The van der Waals surface area contributed by atoms with E-state index in [9.17, 15) is 28.1 Å². The van der Waals surface area contributed by atoms with Crippen LogP contribution in [0.2, 0.25) is 0 Å². The Kier molecular flexibility index (Phi) is 4.89. The number of nitro groups is 1. The van der Waals surface area contributed by atoms with Crippen molar-refractivity contribution in [3.63, 3.8) is 0 Å². The number of carbonyl (C=O) groups excluding carboxylic acids is 1. The van der Waals surface area contributed by atoms with Crippen molar-refractivity contribution in [3.8, 4) is 0 Å². The molecular formula is C11H12F3N3O3. The summed E-state index contributed by atoms with van der Waals surface area (Å²) in [5.74, 6) is -0.828. The number of anilines is 1. The second-order valence-corrected chi connectivity index (χ2v) is 4.01. The molecule has 0 aromatic heterocycles. The largest absolute Gasteiger partial charge is 0.399 e. The lowest BCUT2D eigenvalue weighted by Crippen LogP contribution is -2.26. The van der Waals surface area contributed by atoms with Gasteiger partial charge in [-0.15, -0.1) is 0 Å². The Labute approximate surface area is 111 Å². The molecule has 9 heteroatoms. The predicted octanol–water partition coefficient (Wildman–Crippen LogP) is 2.25. The Morgan fingerprint density at radius 1 is 1.40 bits per heavy atom. The Hall–Kier alpha value is -2.32. The van der Waals surface area contributed by atoms with Gasteiger partial charge in [0, 0.05) is 24.7 Å². The van der Waals surface area contributed by atoms with Gasteiger partial charge in [0.2, 0.25) is 0 Å². The molecule has 1 amide bonds. The first-order valence-electron chi connectivity index (χ1n) is 5.59. The number of amides is 1. The fraction of sp³-hybridized carbons (Fsp3) is 0.364. The van der Waals surface area contributed by atoms with E-state index in [0.717, 1.165) is 12.1 Å². The van der Waals surface area contributed by atoms with Crippen molar-refractivity contribution >= 4 is 17.3 Å². The maximum absolute atomic E-state index is 11.9. The highest BCUT2D eigenvalue weighted by Crippen LogP contribution is 2.22. The van der Waals surface area contributed by atoms with E-state index in [1.54, 1.807) is 0 Å². The smallest absolute Gasteiger partial charge is 0.389 e. The fourth-order valence-electron chi connectivity index (χ4n) is 1.48. The summed E-state index contributed by atoms with van der Waals surface area (Å²) in [4.78, 5) is 21.7. The third kappa shape index (κ3) is 4.75. The van der Waals surface area contributed by atoms with Gasteiger partial charge in [0.1, 0.15) is 5.56 Å². The van der Waals surface area contributed by atoms with Crippen molar-refractivity contribution < 1.29 is 22.9 Å². The summed E-state index contributed by atoms with van der Waals surface area (Å²) < 4.78 is 35.7. The topological polar surface area (TPSA) is 98.3 Å². The summed E-state index contributed by atoms with van der Waals surface area (Å²) in [7, 11) is 0. The van der Waals surface area contributed by atoms with Crippen LogP contribution in [0.5, 0.6) is 0 Å². The van der Waals surface area contributed by atoms with Crippen LogP contribution in [0, 0.1) is 10.1 Å². The molecule has 6 nitrogen and oxygen atoms in total.